The molecular weight excluding hydrogens is 368 g/mol. The lowest BCUT2D eigenvalue weighted by Crippen LogP contribution is -2.53. The summed E-state index contributed by atoms with van der Waals surface area (Å²) in [7, 11) is 2.18. The molecule has 160 valence electrons. The summed E-state index contributed by atoms with van der Waals surface area (Å²) in [6.07, 6.45) is 9.37. The summed E-state index contributed by atoms with van der Waals surface area (Å²) < 4.78 is 0. The summed E-state index contributed by atoms with van der Waals surface area (Å²) in [6.45, 7) is 5.10. The van der Waals surface area contributed by atoms with E-state index in [0.717, 1.165) is 37.0 Å². The van der Waals surface area contributed by atoms with Gasteiger partial charge in [-0.2, -0.15) is 5.10 Å². The molecule has 3 nitrogen and oxygen atoms in total. The lowest BCUT2D eigenvalue weighted by Gasteiger charge is -2.59. The van der Waals surface area contributed by atoms with Crippen LogP contribution in [0.2, 0.25) is 0 Å². The molecule has 0 spiro atoms. The first-order chi connectivity index (χ1) is 14.4. The fraction of sp³-hybridized carbons (Fsp3) is 0.704. The van der Waals surface area contributed by atoms with Gasteiger partial charge < -0.3 is 0 Å². The molecule has 0 N–H and O–H groups in total. The highest BCUT2D eigenvalue weighted by Gasteiger charge is 2.63. The minimum absolute atomic E-state index is 0.275. The topological polar surface area (TPSA) is 32.7 Å². The minimum atomic E-state index is 0.275. The summed E-state index contributed by atoms with van der Waals surface area (Å²) >= 11 is 0. The first-order valence-corrected chi connectivity index (χ1v) is 12.3. The number of rotatable bonds is 1. The molecule has 4 fully saturated rings. The van der Waals surface area contributed by atoms with E-state index in [1.54, 1.807) is 0 Å². The Labute approximate surface area is 181 Å². The highest BCUT2D eigenvalue weighted by molar-refractivity contribution is 5.96. The van der Waals surface area contributed by atoms with Gasteiger partial charge in [0, 0.05) is 36.9 Å². The average Bonchev–Trinajstić information content (AvgIpc) is 3.21. The van der Waals surface area contributed by atoms with Gasteiger partial charge in [0.1, 0.15) is 5.78 Å². The van der Waals surface area contributed by atoms with Gasteiger partial charge in [0.15, 0.2) is 0 Å². The van der Waals surface area contributed by atoms with Gasteiger partial charge in [-0.1, -0.05) is 44.2 Å². The molecule has 1 aromatic carbocycles. The molecule has 4 aliphatic carbocycles. The normalized spacial score (nSPS) is 47.2. The van der Waals surface area contributed by atoms with E-state index in [1.807, 2.05) is 0 Å². The predicted molar refractivity (Wildman–Crippen MR) is 120 cm³/mol. The second-order valence-corrected chi connectivity index (χ2v) is 11.6. The molecule has 0 saturated heterocycles. The van der Waals surface area contributed by atoms with Crippen LogP contribution in [0.4, 0.5) is 0 Å². The van der Waals surface area contributed by atoms with E-state index in [9.17, 15) is 4.79 Å². The van der Waals surface area contributed by atoms with E-state index in [1.165, 1.54) is 43.4 Å². The monoisotopic (exact) mass is 404 g/mol. The lowest BCUT2D eigenvalue weighted by molar-refractivity contribution is -0.136. The molecule has 4 saturated carbocycles. The second kappa shape index (κ2) is 6.43. The number of Topliss-reactive ketones (excluding diaryl/α,β-unsaturated/α-hetero) is 1. The van der Waals surface area contributed by atoms with Crippen LogP contribution in [-0.2, 0) is 4.79 Å². The molecule has 0 bridgehead atoms. The largest absolute Gasteiger partial charge is 0.300 e. The Morgan fingerprint density at radius 1 is 1.03 bits per heavy atom. The Bertz CT molecular complexity index is 893. The van der Waals surface area contributed by atoms with E-state index in [-0.39, 0.29) is 5.41 Å². The van der Waals surface area contributed by atoms with E-state index in [2.05, 4.69) is 56.2 Å². The summed E-state index contributed by atoms with van der Waals surface area (Å²) in [5.41, 5.74) is 3.60. The Morgan fingerprint density at radius 2 is 1.83 bits per heavy atom. The number of carbonyl (C=O) groups excluding carboxylic acids is 1. The van der Waals surface area contributed by atoms with Crippen LogP contribution in [0.5, 0.6) is 0 Å². The van der Waals surface area contributed by atoms with Crippen molar-refractivity contribution in [2.24, 2.45) is 45.5 Å². The number of fused-ring (bicyclic) bond motifs is 7. The summed E-state index contributed by atoms with van der Waals surface area (Å²) in [6, 6.07) is 11.5. The lowest BCUT2D eigenvalue weighted by atomic mass is 9.45. The zero-order chi connectivity index (χ0) is 20.7. The fourth-order valence-electron chi connectivity index (χ4n) is 8.98. The Morgan fingerprint density at radius 3 is 2.63 bits per heavy atom. The number of carbonyl (C=O) groups is 1. The quantitative estimate of drug-likeness (QED) is 0.587. The van der Waals surface area contributed by atoms with Crippen LogP contribution in [0.15, 0.2) is 35.4 Å². The van der Waals surface area contributed by atoms with Gasteiger partial charge in [0.05, 0.1) is 6.04 Å². The van der Waals surface area contributed by atoms with Crippen LogP contribution in [0.25, 0.3) is 0 Å². The molecule has 8 atom stereocenters. The van der Waals surface area contributed by atoms with Gasteiger partial charge in [0.25, 0.3) is 0 Å². The third-order valence-electron chi connectivity index (χ3n) is 10.5. The van der Waals surface area contributed by atoms with Crippen molar-refractivity contribution in [2.45, 2.75) is 71.3 Å². The Hall–Kier alpha value is -1.64. The Balaban J connectivity index is 1.33. The average molecular weight is 405 g/mol. The number of hydrogen-bond donors (Lipinski definition) is 0. The van der Waals surface area contributed by atoms with Crippen LogP contribution in [0.1, 0.15) is 76.8 Å². The first kappa shape index (κ1) is 19.1. The summed E-state index contributed by atoms with van der Waals surface area (Å²) in [5, 5.41) is 7.47. The highest BCUT2D eigenvalue weighted by atomic mass is 16.1. The molecule has 0 aromatic heterocycles. The van der Waals surface area contributed by atoms with Crippen LogP contribution in [-0.4, -0.2) is 23.6 Å². The molecule has 5 aliphatic rings. The SMILES string of the molecule is CN1N=C2[C@H](C[C@H]3[C@@H]4CC[C@H]5CC(=O)CC[C@]5(C)[C@H]4CC[C@]23C)[C@H]1c1ccccc1. The van der Waals surface area contributed by atoms with E-state index in [0.29, 0.717) is 29.1 Å². The molecule has 0 radical (unpaired) electrons. The number of hydrazone groups is 1. The molecule has 6 rings (SSSR count). The van der Waals surface area contributed by atoms with Crippen molar-refractivity contribution in [3.05, 3.63) is 35.9 Å². The van der Waals surface area contributed by atoms with Gasteiger partial charge in [-0.25, -0.2) is 0 Å². The Kier molecular flexibility index (Phi) is 4.09. The van der Waals surface area contributed by atoms with Crippen molar-refractivity contribution in [1.29, 1.82) is 0 Å². The number of hydrogen-bond acceptors (Lipinski definition) is 3. The van der Waals surface area contributed by atoms with Crippen molar-refractivity contribution < 1.29 is 4.79 Å². The summed E-state index contributed by atoms with van der Waals surface area (Å²) in [4.78, 5) is 12.2. The molecule has 0 unspecified atom stereocenters. The van der Waals surface area contributed by atoms with E-state index < -0.39 is 0 Å². The third kappa shape index (κ3) is 2.44. The molecule has 3 heteroatoms. The van der Waals surface area contributed by atoms with Crippen LogP contribution in [0.3, 0.4) is 0 Å². The van der Waals surface area contributed by atoms with Crippen molar-refractivity contribution in [3.8, 4) is 0 Å². The zero-order valence-electron chi connectivity index (χ0n) is 18.8. The third-order valence-corrected chi connectivity index (χ3v) is 10.5. The van der Waals surface area contributed by atoms with Crippen LogP contribution in [0, 0.1) is 40.4 Å². The number of nitrogens with zero attached hydrogens (tertiary/aromatic N) is 2. The number of benzene rings is 1. The fourth-order valence-corrected chi connectivity index (χ4v) is 8.98. The van der Waals surface area contributed by atoms with Gasteiger partial charge in [-0.15, -0.1) is 0 Å². The van der Waals surface area contributed by atoms with E-state index >= 15 is 0 Å². The molecule has 30 heavy (non-hydrogen) atoms. The predicted octanol–water partition coefficient (Wildman–Crippen LogP) is 5.87. The minimum Gasteiger partial charge on any atom is -0.300 e. The zero-order valence-corrected chi connectivity index (χ0v) is 18.8. The van der Waals surface area contributed by atoms with Crippen LogP contribution >= 0.6 is 0 Å². The smallest absolute Gasteiger partial charge is 0.133 e. The molecular formula is C27H36N2O. The van der Waals surface area contributed by atoms with Crippen molar-refractivity contribution in [2.75, 3.05) is 7.05 Å². The first-order valence-electron chi connectivity index (χ1n) is 12.3. The van der Waals surface area contributed by atoms with Gasteiger partial charge in [0.2, 0.25) is 0 Å². The molecule has 1 heterocycles. The van der Waals surface area contributed by atoms with Gasteiger partial charge in [-0.05, 0) is 73.2 Å². The molecule has 1 aromatic rings. The maximum atomic E-state index is 12.2. The number of ketones is 1. The standard InChI is InChI=1S/C27H36N2O/c1-26-13-11-19(30)15-18(26)9-10-20-22(26)12-14-27(2)23(20)16-21-24(29(3)28-25(21)27)17-7-5-4-6-8-17/h4-8,18,20-24H,9-16H2,1-3H3/t18-,20+,21+,22-,23-,24+,26-,27-/m0/s1. The highest BCUT2D eigenvalue weighted by Crippen LogP contribution is 2.67. The van der Waals surface area contributed by atoms with Gasteiger partial charge >= 0.3 is 0 Å². The van der Waals surface area contributed by atoms with Crippen LogP contribution < -0.4 is 0 Å². The second-order valence-electron chi connectivity index (χ2n) is 11.6. The summed E-state index contributed by atoms with van der Waals surface area (Å²) in [5.74, 6) is 4.16. The van der Waals surface area contributed by atoms with Crippen molar-refractivity contribution in [1.82, 2.24) is 5.01 Å². The van der Waals surface area contributed by atoms with Crippen molar-refractivity contribution in [3.63, 3.8) is 0 Å². The maximum absolute atomic E-state index is 12.2. The van der Waals surface area contributed by atoms with Crippen molar-refractivity contribution >= 4 is 11.5 Å². The molecule has 1 aliphatic heterocycles. The maximum Gasteiger partial charge on any atom is 0.133 e. The van der Waals surface area contributed by atoms with Gasteiger partial charge in [-0.3, -0.25) is 9.80 Å². The van der Waals surface area contributed by atoms with E-state index in [4.69, 9.17) is 5.10 Å². The molecule has 0 amide bonds.